The molecular weight excluding hydrogens is 238 g/mol. The van der Waals surface area contributed by atoms with Crippen molar-refractivity contribution in [1.29, 1.82) is 0 Å². The van der Waals surface area contributed by atoms with E-state index in [9.17, 15) is 4.79 Å². The van der Waals surface area contributed by atoms with Crippen molar-refractivity contribution in [3.8, 4) is 5.75 Å². The van der Waals surface area contributed by atoms with Gasteiger partial charge in [0.25, 0.3) is 0 Å². The van der Waals surface area contributed by atoms with Gasteiger partial charge in [0.1, 0.15) is 5.75 Å². The topological polar surface area (TPSA) is 29.5 Å². The predicted molar refractivity (Wildman–Crippen MR) is 77.8 cm³/mol. The van der Waals surface area contributed by atoms with E-state index in [-0.39, 0.29) is 5.91 Å². The molecule has 1 heterocycles. The van der Waals surface area contributed by atoms with E-state index in [1.807, 2.05) is 17.0 Å². The first-order chi connectivity index (χ1) is 9.22. The normalized spacial score (nSPS) is 13.5. The van der Waals surface area contributed by atoms with Crippen molar-refractivity contribution < 1.29 is 9.53 Å². The second-order valence-electron chi connectivity index (χ2n) is 5.12. The van der Waals surface area contributed by atoms with Crippen LogP contribution in [0.2, 0.25) is 0 Å². The predicted octanol–water partition coefficient (Wildman–Crippen LogP) is 3.55. The summed E-state index contributed by atoms with van der Waals surface area (Å²) >= 11 is 0. The van der Waals surface area contributed by atoms with Crippen molar-refractivity contribution in [2.75, 3.05) is 18.1 Å². The third-order valence-corrected chi connectivity index (χ3v) is 3.59. The van der Waals surface area contributed by atoms with Crippen molar-refractivity contribution in [2.24, 2.45) is 0 Å². The molecule has 104 valence electrons. The Morgan fingerprint density at radius 1 is 1.32 bits per heavy atom. The van der Waals surface area contributed by atoms with E-state index in [1.165, 1.54) is 24.8 Å². The minimum Gasteiger partial charge on any atom is -0.494 e. The molecule has 1 aromatic rings. The Kier molecular flexibility index (Phi) is 4.83. The van der Waals surface area contributed by atoms with Crippen LogP contribution in [0.1, 0.15) is 45.1 Å². The molecule has 0 saturated carbocycles. The molecule has 0 bridgehead atoms. The molecule has 1 aromatic carbocycles. The number of unbranched alkanes of at least 4 members (excludes halogenated alkanes) is 3. The van der Waals surface area contributed by atoms with Crippen LogP contribution in [0, 0.1) is 0 Å². The molecule has 3 heteroatoms. The van der Waals surface area contributed by atoms with E-state index in [0.29, 0.717) is 0 Å². The number of benzene rings is 1. The largest absolute Gasteiger partial charge is 0.494 e. The summed E-state index contributed by atoms with van der Waals surface area (Å²) in [6, 6.07) is 6.06. The molecule has 1 aliphatic heterocycles. The fraction of sp³-hybridized carbons (Fsp3) is 0.562. The molecule has 0 aliphatic carbocycles. The highest BCUT2D eigenvalue weighted by Crippen LogP contribution is 2.31. The summed E-state index contributed by atoms with van der Waals surface area (Å²) in [7, 11) is 0. The Labute approximate surface area is 115 Å². The van der Waals surface area contributed by atoms with Gasteiger partial charge in [0, 0.05) is 19.2 Å². The molecule has 0 aromatic heterocycles. The third kappa shape index (κ3) is 3.49. The maximum atomic E-state index is 11.5. The Balaban J connectivity index is 1.90. The molecule has 1 amide bonds. The second kappa shape index (κ2) is 6.60. The minimum absolute atomic E-state index is 0.118. The van der Waals surface area contributed by atoms with Crippen LogP contribution in [-0.4, -0.2) is 19.1 Å². The summed E-state index contributed by atoms with van der Waals surface area (Å²) < 4.78 is 5.77. The highest BCUT2D eigenvalue weighted by atomic mass is 16.5. The van der Waals surface area contributed by atoms with Gasteiger partial charge in [0.15, 0.2) is 0 Å². The first-order valence-corrected chi connectivity index (χ1v) is 7.26. The average molecular weight is 261 g/mol. The van der Waals surface area contributed by atoms with E-state index in [4.69, 9.17) is 4.74 Å². The van der Waals surface area contributed by atoms with Crippen LogP contribution < -0.4 is 9.64 Å². The van der Waals surface area contributed by atoms with E-state index in [0.717, 1.165) is 37.4 Å². The molecule has 0 atom stereocenters. The van der Waals surface area contributed by atoms with Gasteiger partial charge in [-0.05, 0) is 36.6 Å². The Morgan fingerprint density at radius 2 is 2.16 bits per heavy atom. The summed E-state index contributed by atoms with van der Waals surface area (Å²) in [5.74, 6) is 1.05. The van der Waals surface area contributed by atoms with Gasteiger partial charge in [-0.25, -0.2) is 0 Å². The number of carbonyl (C=O) groups is 1. The van der Waals surface area contributed by atoms with Crippen LogP contribution in [0.4, 0.5) is 5.69 Å². The first kappa shape index (κ1) is 13.9. The van der Waals surface area contributed by atoms with E-state index in [2.05, 4.69) is 13.0 Å². The number of hydrogen-bond donors (Lipinski definition) is 0. The monoisotopic (exact) mass is 261 g/mol. The Bertz CT molecular complexity index is 442. The maximum absolute atomic E-state index is 11.5. The Hall–Kier alpha value is -1.51. The molecule has 0 unspecified atom stereocenters. The molecule has 0 radical (unpaired) electrons. The van der Waals surface area contributed by atoms with E-state index >= 15 is 0 Å². The summed E-state index contributed by atoms with van der Waals surface area (Å²) in [6.45, 7) is 5.41. The molecule has 0 fully saturated rings. The van der Waals surface area contributed by atoms with Gasteiger partial charge in [0.2, 0.25) is 5.91 Å². The number of anilines is 1. The minimum atomic E-state index is 0.118. The smallest absolute Gasteiger partial charge is 0.223 e. The molecule has 19 heavy (non-hydrogen) atoms. The van der Waals surface area contributed by atoms with Crippen LogP contribution >= 0.6 is 0 Å². The lowest BCUT2D eigenvalue weighted by atomic mass is 10.1. The van der Waals surface area contributed by atoms with Crippen LogP contribution in [0.5, 0.6) is 5.75 Å². The Morgan fingerprint density at radius 3 is 2.89 bits per heavy atom. The van der Waals surface area contributed by atoms with Gasteiger partial charge < -0.3 is 9.64 Å². The van der Waals surface area contributed by atoms with E-state index in [1.54, 1.807) is 6.92 Å². The molecule has 3 nitrogen and oxygen atoms in total. The summed E-state index contributed by atoms with van der Waals surface area (Å²) in [6.07, 6.45) is 5.81. The third-order valence-electron chi connectivity index (χ3n) is 3.59. The number of ether oxygens (including phenoxy) is 1. The van der Waals surface area contributed by atoms with Crippen molar-refractivity contribution in [3.05, 3.63) is 23.8 Å². The van der Waals surface area contributed by atoms with Gasteiger partial charge in [-0.15, -0.1) is 0 Å². The lowest BCUT2D eigenvalue weighted by molar-refractivity contribution is -0.116. The summed E-state index contributed by atoms with van der Waals surface area (Å²) in [5.41, 5.74) is 2.27. The lowest BCUT2D eigenvalue weighted by Gasteiger charge is -2.15. The molecular formula is C16H23NO2. The fourth-order valence-electron chi connectivity index (χ4n) is 2.51. The molecule has 0 spiro atoms. The molecule has 1 aliphatic rings. The number of nitrogens with zero attached hydrogens (tertiary/aromatic N) is 1. The van der Waals surface area contributed by atoms with Crippen LogP contribution in [0.25, 0.3) is 0 Å². The highest BCUT2D eigenvalue weighted by molar-refractivity contribution is 5.93. The van der Waals surface area contributed by atoms with Gasteiger partial charge in [-0.2, -0.15) is 0 Å². The lowest BCUT2D eigenvalue weighted by Crippen LogP contribution is -2.25. The zero-order valence-corrected chi connectivity index (χ0v) is 11.9. The van der Waals surface area contributed by atoms with Crippen LogP contribution in [0.15, 0.2) is 18.2 Å². The highest BCUT2D eigenvalue weighted by Gasteiger charge is 2.22. The van der Waals surface area contributed by atoms with Gasteiger partial charge in [0.05, 0.1) is 6.61 Å². The molecule has 0 N–H and O–H groups in total. The van der Waals surface area contributed by atoms with Crippen molar-refractivity contribution >= 4 is 11.6 Å². The van der Waals surface area contributed by atoms with Gasteiger partial charge in [-0.1, -0.05) is 26.2 Å². The average Bonchev–Trinajstić information content (AvgIpc) is 2.81. The van der Waals surface area contributed by atoms with Crippen molar-refractivity contribution in [3.63, 3.8) is 0 Å². The quantitative estimate of drug-likeness (QED) is 0.733. The maximum Gasteiger partial charge on any atom is 0.223 e. The number of hydrogen-bond acceptors (Lipinski definition) is 2. The van der Waals surface area contributed by atoms with Gasteiger partial charge in [-0.3, -0.25) is 4.79 Å². The van der Waals surface area contributed by atoms with Gasteiger partial charge >= 0.3 is 0 Å². The van der Waals surface area contributed by atoms with Crippen LogP contribution in [0.3, 0.4) is 0 Å². The number of carbonyl (C=O) groups excluding carboxylic acids is 1. The van der Waals surface area contributed by atoms with Crippen molar-refractivity contribution in [1.82, 2.24) is 0 Å². The second-order valence-corrected chi connectivity index (χ2v) is 5.12. The first-order valence-electron chi connectivity index (χ1n) is 7.26. The van der Waals surface area contributed by atoms with Crippen molar-refractivity contribution in [2.45, 2.75) is 46.0 Å². The fourth-order valence-corrected chi connectivity index (χ4v) is 2.51. The van der Waals surface area contributed by atoms with Crippen LogP contribution in [-0.2, 0) is 11.2 Å². The van der Waals surface area contributed by atoms with E-state index < -0.39 is 0 Å². The zero-order valence-electron chi connectivity index (χ0n) is 11.9. The summed E-state index contributed by atoms with van der Waals surface area (Å²) in [5, 5.41) is 0. The number of amides is 1. The SMILES string of the molecule is CCCCCCOc1ccc2c(c1)CCN2C(C)=O. The number of rotatable bonds is 6. The molecule has 2 rings (SSSR count). The molecule has 0 saturated heterocycles. The zero-order chi connectivity index (χ0) is 13.7. The summed E-state index contributed by atoms with van der Waals surface area (Å²) in [4.78, 5) is 13.3. The standard InChI is InChI=1S/C16H23NO2/c1-3-4-5-6-11-19-15-7-8-16-14(12-15)9-10-17(16)13(2)18/h7-8,12H,3-6,9-11H2,1-2H3. The number of fused-ring (bicyclic) bond motifs is 1.